The molecule has 0 atom stereocenters. The Morgan fingerprint density at radius 2 is 1.94 bits per heavy atom. The van der Waals surface area contributed by atoms with Gasteiger partial charge in [-0.1, -0.05) is 32.0 Å². The summed E-state index contributed by atoms with van der Waals surface area (Å²) >= 11 is 0. The van der Waals surface area contributed by atoms with Crippen LogP contribution in [-0.2, 0) is 9.24 Å². The molecule has 1 rings (SSSR count). The van der Waals surface area contributed by atoms with Gasteiger partial charge >= 0.3 is 15.3 Å². The maximum Gasteiger partial charge on any atom is 0.427 e. The van der Waals surface area contributed by atoms with Crippen LogP contribution in [0.4, 0.5) is 4.79 Å². The summed E-state index contributed by atoms with van der Waals surface area (Å²) in [6.45, 7) is 3.86. The Hall–Kier alpha value is -1.27. The third kappa shape index (κ3) is 4.62. The summed E-state index contributed by atoms with van der Waals surface area (Å²) in [4.78, 5) is 11.2. The predicted octanol–water partition coefficient (Wildman–Crippen LogP) is 2.38. The number of halogens is 1. The lowest BCUT2D eigenvalue weighted by Gasteiger charge is -2.11. The fourth-order valence-electron chi connectivity index (χ4n) is 1.27. The lowest BCUT2D eigenvalue weighted by Crippen LogP contribution is -2.29. The highest BCUT2D eigenvalue weighted by atomic mass is 35.7. The van der Waals surface area contributed by atoms with Crippen LogP contribution in [0.1, 0.15) is 25.3 Å². The van der Waals surface area contributed by atoms with E-state index in [0.29, 0.717) is 5.75 Å². The molecule has 0 aromatic heterocycles. The smallest absolute Gasteiger partial charge is 0.409 e. The first-order valence-electron chi connectivity index (χ1n) is 4.82. The Morgan fingerprint density at radius 3 is 2.47 bits per heavy atom. The molecule has 94 valence electrons. The van der Waals surface area contributed by atoms with Crippen molar-refractivity contribution in [3.8, 4) is 5.75 Å². The Balaban J connectivity index is 2.85. The Labute approximate surface area is 104 Å². The van der Waals surface area contributed by atoms with E-state index in [4.69, 9.17) is 15.4 Å². The first-order chi connectivity index (χ1) is 7.79. The van der Waals surface area contributed by atoms with E-state index in [1.807, 2.05) is 13.8 Å². The van der Waals surface area contributed by atoms with Gasteiger partial charge in [0, 0.05) is 10.7 Å². The highest BCUT2D eigenvalue weighted by Crippen LogP contribution is 2.25. The number of amides is 1. The number of benzene rings is 1. The Morgan fingerprint density at radius 1 is 1.35 bits per heavy atom. The van der Waals surface area contributed by atoms with Crippen molar-refractivity contribution in [1.29, 1.82) is 0 Å². The molecule has 1 aromatic carbocycles. The molecule has 1 N–H and O–H groups in total. The van der Waals surface area contributed by atoms with Crippen LogP contribution in [0.3, 0.4) is 0 Å². The van der Waals surface area contributed by atoms with Crippen molar-refractivity contribution >= 4 is 26.0 Å². The fraction of sp³-hybridized carbons (Fsp3) is 0.300. The fourth-order valence-corrected chi connectivity index (χ4v) is 1.70. The summed E-state index contributed by atoms with van der Waals surface area (Å²) in [6.07, 6.45) is -1.13. The molecular formula is C10H12ClNO4S. The molecule has 0 bridgehead atoms. The number of nitrogens with one attached hydrogen (secondary N) is 1. The van der Waals surface area contributed by atoms with Gasteiger partial charge in [0.15, 0.2) is 0 Å². The van der Waals surface area contributed by atoms with Crippen molar-refractivity contribution in [2.75, 3.05) is 0 Å². The third-order valence-corrected chi connectivity index (χ3v) is 2.59. The van der Waals surface area contributed by atoms with Crippen molar-refractivity contribution < 1.29 is 17.9 Å². The van der Waals surface area contributed by atoms with Gasteiger partial charge in [-0.3, -0.25) is 0 Å². The molecule has 7 heteroatoms. The van der Waals surface area contributed by atoms with Gasteiger partial charge in [-0.15, -0.1) is 0 Å². The topological polar surface area (TPSA) is 72.5 Å². The van der Waals surface area contributed by atoms with E-state index < -0.39 is 15.3 Å². The lowest BCUT2D eigenvalue weighted by molar-refractivity contribution is 0.206. The summed E-state index contributed by atoms with van der Waals surface area (Å²) in [5.74, 6) is 0.451. The molecular weight excluding hydrogens is 266 g/mol. The van der Waals surface area contributed by atoms with Crippen LogP contribution >= 0.6 is 10.7 Å². The first-order valence-corrected chi connectivity index (χ1v) is 7.13. The first kappa shape index (κ1) is 13.8. The average molecular weight is 278 g/mol. The van der Waals surface area contributed by atoms with Crippen molar-refractivity contribution in [2.45, 2.75) is 19.8 Å². The van der Waals surface area contributed by atoms with Crippen LogP contribution in [0.15, 0.2) is 24.3 Å². The van der Waals surface area contributed by atoms with Gasteiger partial charge in [-0.2, -0.15) is 8.42 Å². The zero-order valence-corrected chi connectivity index (χ0v) is 10.9. The SMILES string of the molecule is CC(C)c1ccccc1OC(=O)NS(=O)(=O)Cl. The second kappa shape index (κ2) is 5.37. The van der Waals surface area contributed by atoms with Gasteiger partial charge in [-0.05, 0) is 17.5 Å². The Bertz CT molecular complexity index is 513. The molecule has 0 fully saturated rings. The molecule has 0 saturated heterocycles. The minimum Gasteiger partial charge on any atom is -0.409 e. The molecule has 1 amide bonds. The zero-order valence-electron chi connectivity index (χ0n) is 9.31. The molecule has 0 unspecified atom stereocenters. The minimum absolute atomic E-state index is 0.145. The molecule has 0 radical (unpaired) electrons. The standard InChI is InChI=1S/C10H12ClNO4S/c1-7(2)8-5-3-4-6-9(8)16-10(13)12-17(11,14)15/h3-7H,1-2H3,(H,12,13). The van der Waals surface area contributed by atoms with E-state index in [0.717, 1.165) is 5.56 Å². The molecule has 0 spiro atoms. The quantitative estimate of drug-likeness (QED) is 0.861. The van der Waals surface area contributed by atoms with Crippen molar-refractivity contribution in [1.82, 2.24) is 4.72 Å². The van der Waals surface area contributed by atoms with E-state index in [2.05, 4.69) is 0 Å². The summed E-state index contributed by atoms with van der Waals surface area (Å²) < 4.78 is 27.6. The summed E-state index contributed by atoms with van der Waals surface area (Å²) in [5, 5.41) is 0. The van der Waals surface area contributed by atoms with Gasteiger partial charge in [-0.25, -0.2) is 9.52 Å². The van der Waals surface area contributed by atoms with Crippen LogP contribution in [0.25, 0.3) is 0 Å². The monoisotopic (exact) mass is 277 g/mol. The maximum atomic E-state index is 11.2. The zero-order chi connectivity index (χ0) is 13.1. The molecule has 0 saturated carbocycles. The van der Waals surface area contributed by atoms with Gasteiger partial charge in [0.2, 0.25) is 0 Å². The second-order valence-corrected chi connectivity index (χ2v) is 5.92. The van der Waals surface area contributed by atoms with Crippen LogP contribution in [0.5, 0.6) is 5.75 Å². The summed E-state index contributed by atoms with van der Waals surface area (Å²) in [6, 6.07) is 6.86. The number of carbonyl (C=O) groups excluding carboxylic acids is 1. The van der Waals surface area contributed by atoms with Crippen LogP contribution in [0.2, 0.25) is 0 Å². The van der Waals surface area contributed by atoms with E-state index in [-0.39, 0.29) is 5.92 Å². The lowest BCUT2D eigenvalue weighted by atomic mass is 10.0. The van der Waals surface area contributed by atoms with Gasteiger partial charge in [0.25, 0.3) is 0 Å². The second-order valence-electron chi connectivity index (χ2n) is 3.62. The Kier molecular flexibility index (Phi) is 4.36. The van der Waals surface area contributed by atoms with Gasteiger partial charge < -0.3 is 4.74 Å². The molecule has 0 aliphatic heterocycles. The molecule has 17 heavy (non-hydrogen) atoms. The number of hydrogen-bond donors (Lipinski definition) is 1. The normalized spacial score (nSPS) is 11.3. The maximum absolute atomic E-state index is 11.2. The van der Waals surface area contributed by atoms with Gasteiger partial charge in [0.05, 0.1) is 0 Å². The van der Waals surface area contributed by atoms with Gasteiger partial charge in [0.1, 0.15) is 5.75 Å². The molecule has 0 aliphatic carbocycles. The van der Waals surface area contributed by atoms with Crippen LogP contribution in [-0.4, -0.2) is 14.5 Å². The predicted molar refractivity (Wildman–Crippen MR) is 64.5 cm³/mol. The highest BCUT2D eigenvalue weighted by Gasteiger charge is 2.15. The third-order valence-electron chi connectivity index (χ3n) is 1.95. The van der Waals surface area contributed by atoms with E-state index >= 15 is 0 Å². The van der Waals surface area contributed by atoms with Crippen molar-refractivity contribution in [3.05, 3.63) is 29.8 Å². The highest BCUT2D eigenvalue weighted by molar-refractivity contribution is 8.12. The van der Waals surface area contributed by atoms with E-state index in [1.165, 1.54) is 4.72 Å². The number of para-hydroxylation sites is 1. The van der Waals surface area contributed by atoms with Crippen LogP contribution < -0.4 is 9.46 Å². The van der Waals surface area contributed by atoms with E-state index in [9.17, 15) is 13.2 Å². The largest absolute Gasteiger partial charge is 0.427 e. The van der Waals surface area contributed by atoms with Crippen LogP contribution in [0, 0.1) is 0 Å². The molecule has 5 nitrogen and oxygen atoms in total. The number of carbonyl (C=O) groups is 1. The number of rotatable bonds is 3. The minimum atomic E-state index is -4.13. The molecule has 1 aromatic rings. The average Bonchev–Trinajstić information content (AvgIpc) is 2.14. The van der Waals surface area contributed by atoms with Crippen molar-refractivity contribution in [3.63, 3.8) is 0 Å². The number of ether oxygens (including phenoxy) is 1. The summed E-state index contributed by atoms with van der Waals surface area (Å²) in [5.41, 5.74) is 0.801. The van der Waals surface area contributed by atoms with E-state index in [1.54, 1.807) is 24.3 Å². The van der Waals surface area contributed by atoms with Crippen molar-refractivity contribution in [2.24, 2.45) is 0 Å². The molecule has 0 heterocycles. The number of hydrogen-bond acceptors (Lipinski definition) is 4. The molecule has 0 aliphatic rings. The summed E-state index contributed by atoms with van der Waals surface area (Å²) in [7, 11) is 0.728.